The van der Waals surface area contributed by atoms with Crippen molar-refractivity contribution in [1.29, 1.82) is 0 Å². The minimum atomic E-state index is -1.83. The lowest BCUT2D eigenvalue weighted by Crippen LogP contribution is -2.62. The van der Waals surface area contributed by atoms with Gasteiger partial charge in [0.25, 0.3) is 12.4 Å². The summed E-state index contributed by atoms with van der Waals surface area (Å²) in [5, 5.41) is 46.1. The van der Waals surface area contributed by atoms with Gasteiger partial charge in [-0.2, -0.15) is 11.8 Å². The Morgan fingerprint density at radius 3 is 1.71 bits per heavy atom. The van der Waals surface area contributed by atoms with Gasteiger partial charge in [0, 0.05) is 37.3 Å². The molecule has 77 heavy (non-hydrogen) atoms. The van der Waals surface area contributed by atoms with Crippen LogP contribution in [0.15, 0.2) is 84.9 Å². The zero-order valence-corrected chi connectivity index (χ0v) is 44.8. The molecule has 0 saturated carbocycles. The topological polar surface area (TPSA) is 342 Å². The van der Waals surface area contributed by atoms with E-state index in [1.165, 1.54) is 11.8 Å². The number of thioether (sulfide) groups is 1. The Bertz CT molecular complexity index is 2510. The van der Waals surface area contributed by atoms with Crippen molar-refractivity contribution in [2.45, 2.75) is 141 Å². The molecule has 2 unspecified atom stereocenters. The van der Waals surface area contributed by atoms with E-state index < -0.39 is 139 Å². The Morgan fingerprint density at radius 2 is 1.14 bits per heavy atom. The predicted octanol–water partition coefficient (Wildman–Crippen LogP) is 2.53. The maximum atomic E-state index is 14.6. The Kier molecular flexibility index (Phi) is 26.3. The number of carboxylic acids is 3. The molecule has 418 valence electrons. The highest BCUT2D eigenvalue weighted by Crippen LogP contribution is 2.22. The van der Waals surface area contributed by atoms with Gasteiger partial charge in [-0.1, -0.05) is 120 Å². The second kappa shape index (κ2) is 31.9. The fourth-order valence-corrected chi connectivity index (χ4v) is 8.81. The normalized spacial score (nSPS) is 13.9. The van der Waals surface area contributed by atoms with Gasteiger partial charge >= 0.3 is 17.9 Å². The van der Waals surface area contributed by atoms with Crippen LogP contribution in [0.1, 0.15) is 95.4 Å². The molecule has 0 aliphatic heterocycles. The van der Waals surface area contributed by atoms with Crippen LogP contribution in [-0.2, 0) is 76.2 Å². The molecule has 0 radical (unpaired) electrons. The van der Waals surface area contributed by atoms with Crippen molar-refractivity contribution in [1.82, 2.24) is 37.2 Å². The molecule has 7 amide bonds. The molecule has 3 aromatic carbocycles. The maximum Gasteiger partial charge on any atom is 0.305 e. The summed E-state index contributed by atoms with van der Waals surface area (Å²) < 4.78 is 5.35. The SMILES string of the molecule is Cc1ccccc1C[C@H](NC(=O)[C@H](CCC(=O)O)NC(=O)[C@H](CC(=O)O)NC(=O)CCC(=O)O)C(=O)N[C@H](C(=O)N[C@@H](CC(C)C)C(=O)NC(CSCc1ccccc1)C(OC=O)C(=O)NCc1ccccc1)C(C)(C)C. The van der Waals surface area contributed by atoms with E-state index in [1.807, 2.05) is 50.2 Å². The number of carbonyl (C=O) groups is 11. The molecule has 0 fully saturated rings. The van der Waals surface area contributed by atoms with Gasteiger partial charge in [0.2, 0.25) is 41.5 Å². The van der Waals surface area contributed by atoms with Crippen LogP contribution >= 0.6 is 11.8 Å². The van der Waals surface area contributed by atoms with Crippen molar-refractivity contribution >= 4 is 77.5 Å². The van der Waals surface area contributed by atoms with Gasteiger partial charge in [-0.3, -0.25) is 52.7 Å². The summed E-state index contributed by atoms with van der Waals surface area (Å²) in [7, 11) is 0. The van der Waals surface area contributed by atoms with Gasteiger partial charge in [-0.05, 0) is 53.4 Å². The molecule has 3 aromatic rings. The molecule has 0 spiro atoms. The first-order chi connectivity index (χ1) is 36.4. The summed E-state index contributed by atoms with van der Waals surface area (Å²) >= 11 is 1.37. The first kappa shape index (κ1) is 63.5. The number of hydrogen-bond acceptors (Lipinski definition) is 13. The monoisotopic (exact) mass is 1090 g/mol. The number of benzene rings is 3. The van der Waals surface area contributed by atoms with Crippen molar-refractivity contribution in [2.24, 2.45) is 11.3 Å². The van der Waals surface area contributed by atoms with E-state index in [-0.39, 0.29) is 37.5 Å². The molecule has 0 aliphatic carbocycles. The van der Waals surface area contributed by atoms with Crippen LogP contribution in [0.2, 0.25) is 0 Å². The number of aliphatic carboxylic acids is 3. The van der Waals surface area contributed by atoms with Crippen LogP contribution in [0.25, 0.3) is 0 Å². The molecule has 0 saturated heterocycles. The highest BCUT2D eigenvalue weighted by atomic mass is 32.2. The summed E-state index contributed by atoms with van der Waals surface area (Å²) in [6.07, 6.45) is -5.15. The van der Waals surface area contributed by atoms with E-state index in [4.69, 9.17) is 9.84 Å². The third-order valence-electron chi connectivity index (χ3n) is 11.8. The van der Waals surface area contributed by atoms with Crippen LogP contribution in [-0.4, -0.2) is 129 Å². The van der Waals surface area contributed by atoms with Crippen LogP contribution in [0.3, 0.4) is 0 Å². The zero-order chi connectivity index (χ0) is 57.2. The second-order valence-electron chi connectivity index (χ2n) is 19.8. The average molecular weight is 1090 g/mol. The summed E-state index contributed by atoms with van der Waals surface area (Å²) in [5.74, 6) is -10.3. The van der Waals surface area contributed by atoms with E-state index in [0.717, 1.165) is 11.1 Å². The van der Waals surface area contributed by atoms with Crippen LogP contribution in [0.5, 0.6) is 0 Å². The molecule has 0 bridgehead atoms. The molecular weight excluding hydrogens is 1020 g/mol. The van der Waals surface area contributed by atoms with Crippen LogP contribution in [0.4, 0.5) is 0 Å². The molecule has 10 N–H and O–H groups in total. The van der Waals surface area contributed by atoms with Crippen molar-refractivity contribution in [3.05, 3.63) is 107 Å². The van der Waals surface area contributed by atoms with Crippen molar-refractivity contribution < 1.29 is 72.8 Å². The smallest absolute Gasteiger partial charge is 0.305 e. The van der Waals surface area contributed by atoms with Gasteiger partial charge in [0.1, 0.15) is 30.2 Å². The van der Waals surface area contributed by atoms with Gasteiger partial charge in [0.15, 0.2) is 0 Å². The quantitative estimate of drug-likeness (QED) is 0.0392. The molecule has 0 aromatic heterocycles. The molecule has 3 rings (SSSR count). The number of aryl methyl sites for hydroxylation is 1. The van der Waals surface area contributed by atoms with Crippen molar-refractivity contribution in [2.75, 3.05) is 5.75 Å². The third kappa shape index (κ3) is 23.3. The number of ether oxygens (including phenoxy) is 1. The highest BCUT2D eigenvalue weighted by Gasteiger charge is 2.39. The molecule has 0 heterocycles. The standard InChI is InChI=1S/C54H71N7O15S/c1-32(2)25-38(49(71)60-41(30-77-29-35-18-11-8-12-19-35)46(76-31-62)52(74)55-28-34-16-9-7-10-17-34)59-53(75)47(54(4,5)6)61-51(73)39(26-36-20-14-13-15-33(36)3)58-48(70)37(21-23-43(64)65)57-50(72)40(27-45(68)69)56-42(63)22-24-44(66)67/h7-20,31-32,37-41,46-47H,21-30H2,1-6H3,(H,55,74)(H,56,63)(H,57,72)(H,58,70)(H,59,75)(H,60,71)(H,61,73)(H,64,65)(H,66,67)(H,68,69)/t37-,38-,39-,40-,41?,46?,47+/m0/s1. The van der Waals surface area contributed by atoms with Crippen LogP contribution in [0, 0.1) is 18.3 Å². The summed E-state index contributed by atoms with van der Waals surface area (Å²) in [6, 6.07) is 16.4. The zero-order valence-electron chi connectivity index (χ0n) is 44.0. The molecular formula is C54H71N7O15S. The number of carbonyl (C=O) groups excluding carboxylic acids is 8. The largest absolute Gasteiger partial charge is 0.481 e. The third-order valence-corrected chi connectivity index (χ3v) is 13.0. The van der Waals surface area contributed by atoms with Gasteiger partial charge < -0.3 is 57.3 Å². The lowest BCUT2D eigenvalue weighted by Gasteiger charge is -2.34. The minimum Gasteiger partial charge on any atom is -0.481 e. The van der Waals surface area contributed by atoms with Gasteiger partial charge in [-0.15, -0.1) is 0 Å². The highest BCUT2D eigenvalue weighted by molar-refractivity contribution is 7.98. The van der Waals surface area contributed by atoms with E-state index in [2.05, 4.69) is 37.2 Å². The van der Waals surface area contributed by atoms with E-state index >= 15 is 0 Å². The molecule has 23 heteroatoms. The fourth-order valence-electron chi connectivity index (χ4n) is 7.75. The summed E-state index contributed by atoms with van der Waals surface area (Å²) in [5.41, 5.74) is 1.90. The first-order valence-electron chi connectivity index (χ1n) is 24.9. The lowest BCUT2D eigenvalue weighted by atomic mass is 9.85. The van der Waals surface area contributed by atoms with Crippen LogP contribution < -0.4 is 37.2 Å². The molecule has 0 aliphatic rings. The summed E-state index contributed by atoms with van der Waals surface area (Å²) in [4.78, 5) is 144. The van der Waals surface area contributed by atoms with E-state index in [0.29, 0.717) is 16.9 Å². The Labute approximate surface area is 451 Å². The number of hydrogen-bond donors (Lipinski definition) is 10. The van der Waals surface area contributed by atoms with Gasteiger partial charge in [-0.25, -0.2) is 0 Å². The minimum absolute atomic E-state index is 0.0699. The Morgan fingerprint density at radius 1 is 0.597 bits per heavy atom. The maximum absolute atomic E-state index is 14.6. The van der Waals surface area contributed by atoms with Crippen molar-refractivity contribution in [3.8, 4) is 0 Å². The summed E-state index contributed by atoms with van der Waals surface area (Å²) in [6.45, 7) is 10.5. The van der Waals surface area contributed by atoms with E-state index in [9.17, 15) is 63.0 Å². The lowest BCUT2D eigenvalue weighted by molar-refractivity contribution is -0.147. The number of amides is 7. The van der Waals surface area contributed by atoms with Gasteiger partial charge in [0.05, 0.1) is 18.9 Å². The second-order valence-corrected chi connectivity index (χ2v) is 20.8. The molecule has 22 nitrogen and oxygen atoms in total. The Hall–Kier alpha value is -7.82. The fraction of sp³-hybridized carbons (Fsp3) is 0.463. The predicted molar refractivity (Wildman–Crippen MR) is 283 cm³/mol. The average Bonchev–Trinajstić information content (AvgIpc) is 3.36. The Balaban J connectivity index is 1.97. The molecule has 7 atom stereocenters. The van der Waals surface area contributed by atoms with E-state index in [1.54, 1.807) is 76.2 Å². The van der Waals surface area contributed by atoms with Crippen molar-refractivity contribution in [3.63, 3.8) is 0 Å². The number of nitrogens with one attached hydrogen (secondary N) is 7. The first-order valence-corrected chi connectivity index (χ1v) is 26.1. The number of rotatable bonds is 33. The number of carboxylic acid groups (broad SMARTS) is 3.